The van der Waals surface area contributed by atoms with Crippen LogP contribution in [-0.4, -0.2) is 15.7 Å². The molecule has 90 valence electrons. The zero-order chi connectivity index (χ0) is 12.5. The molecule has 1 heterocycles. The van der Waals surface area contributed by atoms with E-state index in [0.717, 1.165) is 25.7 Å². The first-order valence-corrected chi connectivity index (χ1v) is 5.80. The summed E-state index contributed by atoms with van der Waals surface area (Å²) < 4.78 is 1.53. The number of anilines is 1. The molecule has 1 saturated carbocycles. The number of aryl methyl sites for hydroxylation is 1. The Labute approximate surface area is 100 Å². The Morgan fingerprint density at radius 1 is 1.59 bits per heavy atom. The second-order valence-corrected chi connectivity index (χ2v) is 4.90. The summed E-state index contributed by atoms with van der Waals surface area (Å²) >= 11 is 0. The van der Waals surface area contributed by atoms with E-state index in [9.17, 15) is 4.79 Å². The molecule has 1 fully saturated rings. The van der Waals surface area contributed by atoms with Gasteiger partial charge in [-0.25, -0.2) is 0 Å². The average Bonchev–Trinajstić information content (AvgIpc) is 2.86. The molecular formula is C12H16N4O. The van der Waals surface area contributed by atoms with Gasteiger partial charge in [0.25, 0.3) is 0 Å². The smallest absolute Gasteiger partial charge is 0.231 e. The first-order valence-electron chi connectivity index (χ1n) is 5.80. The zero-order valence-electron chi connectivity index (χ0n) is 10.2. The van der Waals surface area contributed by atoms with Crippen molar-refractivity contribution in [3.8, 4) is 6.07 Å². The molecule has 5 heteroatoms. The van der Waals surface area contributed by atoms with Gasteiger partial charge in [0.2, 0.25) is 5.91 Å². The van der Waals surface area contributed by atoms with E-state index in [1.807, 2.05) is 13.0 Å². The highest BCUT2D eigenvalue weighted by atomic mass is 16.2. The van der Waals surface area contributed by atoms with E-state index < -0.39 is 0 Å². The molecule has 1 aliphatic carbocycles. The van der Waals surface area contributed by atoms with E-state index >= 15 is 0 Å². The normalized spacial score (nSPS) is 17.7. The largest absolute Gasteiger partial charge is 0.308 e. The molecule has 0 bridgehead atoms. The van der Waals surface area contributed by atoms with Gasteiger partial charge in [-0.15, -0.1) is 0 Å². The van der Waals surface area contributed by atoms with Gasteiger partial charge in [0, 0.05) is 18.7 Å². The van der Waals surface area contributed by atoms with Crippen LogP contribution in [0.5, 0.6) is 0 Å². The van der Waals surface area contributed by atoms with Crippen molar-refractivity contribution in [2.24, 2.45) is 12.5 Å². The minimum atomic E-state index is -0.301. The number of hydrogen-bond acceptors (Lipinski definition) is 3. The fourth-order valence-corrected chi connectivity index (χ4v) is 2.30. The Bertz CT molecular complexity index is 477. The third kappa shape index (κ3) is 2.16. The van der Waals surface area contributed by atoms with Crippen LogP contribution in [0.4, 0.5) is 5.82 Å². The van der Waals surface area contributed by atoms with Crippen LogP contribution in [0.1, 0.15) is 38.2 Å². The third-order valence-corrected chi connectivity index (χ3v) is 3.44. The number of nitrogens with one attached hydrogen (secondary N) is 1. The highest BCUT2D eigenvalue weighted by Crippen LogP contribution is 2.38. The van der Waals surface area contributed by atoms with Gasteiger partial charge in [0.05, 0.1) is 0 Å². The molecule has 1 aliphatic rings. The Kier molecular flexibility index (Phi) is 2.88. The number of amides is 1. The lowest BCUT2D eigenvalue weighted by Crippen LogP contribution is -2.31. The van der Waals surface area contributed by atoms with Crippen LogP contribution in [0.15, 0.2) is 6.20 Å². The fourth-order valence-electron chi connectivity index (χ4n) is 2.30. The average molecular weight is 232 g/mol. The summed E-state index contributed by atoms with van der Waals surface area (Å²) in [7, 11) is 1.73. The monoisotopic (exact) mass is 232 g/mol. The van der Waals surface area contributed by atoms with Crippen molar-refractivity contribution in [2.45, 2.75) is 32.6 Å². The molecule has 0 atom stereocenters. The molecular weight excluding hydrogens is 216 g/mol. The van der Waals surface area contributed by atoms with E-state index in [1.54, 1.807) is 13.2 Å². The van der Waals surface area contributed by atoms with Gasteiger partial charge in [-0.3, -0.25) is 9.48 Å². The van der Waals surface area contributed by atoms with Crippen molar-refractivity contribution < 1.29 is 4.79 Å². The lowest BCUT2D eigenvalue weighted by molar-refractivity contribution is -0.124. The summed E-state index contributed by atoms with van der Waals surface area (Å²) in [6, 6.07) is 2.03. The predicted molar refractivity (Wildman–Crippen MR) is 63.1 cm³/mol. The molecule has 1 aromatic heterocycles. The summed E-state index contributed by atoms with van der Waals surface area (Å²) in [5, 5.41) is 15.8. The SMILES string of the molecule is Cn1cc(C#N)c(NC(=O)C2(C)CCCC2)n1. The van der Waals surface area contributed by atoms with E-state index in [0.29, 0.717) is 11.4 Å². The number of carbonyl (C=O) groups is 1. The van der Waals surface area contributed by atoms with E-state index in [4.69, 9.17) is 5.26 Å². The molecule has 2 rings (SSSR count). The summed E-state index contributed by atoms with van der Waals surface area (Å²) in [6.45, 7) is 1.98. The van der Waals surface area contributed by atoms with Crippen LogP contribution in [0.3, 0.4) is 0 Å². The highest BCUT2D eigenvalue weighted by molar-refractivity contribution is 5.95. The highest BCUT2D eigenvalue weighted by Gasteiger charge is 2.36. The summed E-state index contributed by atoms with van der Waals surface area (Å²) in [5.74, 6) is 0.346. The number of nitrogens with zero attached hydrogens (tertiary/aromatic N) is 3. The standard InChI is InChI=1S/C12H16N4O/c1-12(5-3-4-6-12)11(17)14-10-9(7-13)8-16(2)15-10/h8H,3-6H2,1-2H3,(H,14,15,17). The van der Waals surface area contributed by atoms with Gasteiger partial charge in [0.15, 0.2) is 5.82 Å². The second-order valence-electron chi connectivity index (χ2n) is 4.90. The van der Waals surface area contributed by atoms with E-state index in [2.05, 4.69) is 10.4 Å². The van der Waals surface area contributed by atoms with Crippen LogP contribution < -0.4 is 5.32 Å². The molecule has 5 nitrogen and oxygen atoms in total. The lowest BCUT2D eigenvalue weighted by atomic mass is 9.88. The predicted octanol–water partition coefficient (Wildman–Crippen LogP) is 1.81. The van der Waals surface area contributed by atoms with Gasteiger partial charge >= 0.3 is 0 Å². The van der Waals surface area contributed by atoms with Crippen molar-refractivity contribution in [3.63, 3.8) is 0 Å². The van der Waals surface area contributed by atoms with E-state index in [-0.39, 0.29) is 11.3 Å². The Balaban J connectivity index is 2.15. The molecule has 1 aromatic rings. The molecule has 0 aromatic carbocycles. The first kappa shape index (κ1) is 11.6. The van der Waals surface area contributed by atoms with Crippen LogP contribution in [0, 0.1) is 16.7 Å². The number of hydrogen-bond donors (Lipinski definition) is 1. The van der Waals surface area contributed by atoms with Gasteiger partial charge < -0.3 is 5.32 Å². The number of nitriles is 1. The topological polar surface area (TPSA) is 70.7 Å². The quantitative estimate of drug-likeness (QED) is 0.845. The Morgan fingerprint density at radius 3 is 2.82 bits per heavy atom. The van der Waals surface area contributed by atoms with Gasteiger partial charge in [0.1, 0.15) is 11.6 Å². The minimum Gasteiger partial charge on any atom is -0.308 e. The maximum atomic E-state index is 12.1. The van der Waals surface area contributed by atoms with Gasteiger partial charge in [-0.1, -0.05) is 19.8 Å². The number of rotatable bonds is 2. The zero-order valence-corrected chi connectivity index (χ0v) is 10.2. The minimum absolute atomic E-state index is 0.0230. The number of aromatic nitrogens is 2. The fraction of sp³-hybridized carbons (Fsp3) is 0.583. The van der Waals surface area contributed by atoms with Crippen molar-refractivity contribution in [1.29, 1.82) is 5.26 Å². The van der Waals surface area contributed by atoms with E-state index in [1.165, 1.54) is 4.68 Å². The van der Waals surface area contributed by atoms with Gasteiger partial charge in [-0.2, -0.15) is 10.4 Å². The molecule has 0 aliphatic heterocycles. The molecule has 0 saturated heterocycles. The maximum absolute atomic E-state index is 12.1. The van der Waals surface area contributed by atoms with Crippen LogP contribution in [0.2, 0.25) is 0 Å². The van der Waals surface area contributed by atoms with Crippen LogP contribution >= 0.6 is 0 Å². The molecule has 1 N–H and O–H groups in total. The lowest BCUT2D eigenvalue weighted by Gasteiger charge is -2.21. The summed E-state index contributed by atoms with van der Waals surface area (Å²) in [6.07, 6.45) is 5.61. The van der Waals surface area contributed by atoms with Crippen molar-refractivity contribution in [3.05, 3.63) is 11.8 Å². The summed E-state index contributed by atoms with van der Waals surface area (Å²) in [5.41, 5.74) is 0.104. The van der Waals surface area contributed by atoms with Crippen molar-refractivity contribution in [1.82, 2.24) is 9.78 Å². The Morgan fingerprint density at radius 2 is 2.24 bits per heavy atom. The van der Waals surface area contributed by atoms with Crippen LogP contribution in [0.25, 0.3) is 0 Å². The third-order valence-electron chi connectivity index (χ3n) is 3.44. The molecule has 0 unspecified atom stereocenters. The molecule has 0 radical (unpaired) electrons. The maximum Gasteiger partial charge on any atom is 0.231 e. The van der Waals surface area contributed by atoms with Crippen molar-refractivity contribution in [2.75, 3.05) is 5.32 Å². The molecule has 0 spiro atoms. The molecule has 17 heavy (non-hydrogen) atoms. The number of carbonyl (C=O) groups excluding carboxylic acids is 1. The Hall–Kier alpha value is -1.83. The van der Waals surface area contributed by atoms with Crippen LogP contribution in [-0.2, 0) is 11.8 Å². The first-order chi connectivity index (χ1) is 8.05. The molecule has 1 amide bonds. The second kappa shape index (κ2) is 4.21. The van der Waals surface area contributed by atoms with Crippen molar-refractivity contribution >= 4 is 11.7 Å². The van der Waals surface area contributed by atoms with Gasteiger partial charge in [-0.05, 0) is 12.8 Å². The summed E-state index contributed by atoms with van der Waals surface area (Å²) in [4.78, 5) is 12.1.